The van der Waals surface area contributed by atoms with Crippen molar-refractivity contribution in [2.24, 2.45) is 0 Å². The highest BCUT2D eigenvalue weighted by Gasteiger charge is 2.28. The summed E-state index contributed by atoms with van der Waals surface area (Å²) < 4.78 is 5.05. The van der Waals surface area contributed by atoms with Crippen LogP contribution < -0.4 is 4.74 Å². The number of rotatable bonds is 4. The Kier molecular flexibility index (Phi) is 3.36. The first kappa shape index (κ1) is 11.3. The van der Waals surface area contributed by atoms with E-state index in [1.807, 2.05) is 24.3 Å². The summed E-state index contributed by atoms with van der Waals surface area (Å²) >= 11 is 1.49. The van der Waals surface area contributed by atoms with Crippen LogP contribution in [0.15, 0.2) is 24.3 Å². The summed E-state index contributed by atoms with van der Waals surface area (Å²) in [6.07, 6.45) is 0.365. The molecule has 0 spiro atoms. The Morgan fingerprint density at radius 3 is 2.69 bits per heavy atom. The summed E-state index contributed by atoms with van der Waals surface area (Å²) in [4.78, 5) is 10.7. The van der Waals surface area contributed by atoms with Crippen LogP contribution in [0.5, 0.6) is 5.75 Å². The molecule has 1 aliphatic heterocycles. The van der Waals surface area contributed by atoms with Crippen molar-refractivity contribution >= 4 is 17.7 Å². The molecule has 1 aromatic rings. The van der Waals surface area contributed by atoms with Crippen LogP contribution in [0.4, 0.5) is 0 Å². The van der Waals surface area contributed by atoms with Crippen LogP contribution in [0.1, 0.15) is 12.0 Å². The molecule has 1 fully saturated rings. The predicted octanol–water partition coefficient (Wildman–Crippen LogP) is 1.98. The number of amides is 1. The highest BCUT2D eigenvalue weighted by atomic mass is 32.2. The van der Waals surface area contributed by atoms with Crippen LogP contribution >= 0.6 is 11.8 Å². The summed E-state index contributed by atoms with van der Waals surface area (Å²) in [5, 5.41) is 11.4. The summed E-state index contributed by atoms with van der Waals surface area (Å²) in [5.41, 5.74) is 1.12. The van der Waals surface area contributed by atoms with Gasteiger partial charge in [0.05, 0.1) is 18.9 Å². The second-order valence-corrected chi connectivity index (χ2v) is 4.70. The molecule has 4 nitrogen and oxygen atoms in total. The average Bonchev–Trinajstić information content (AvgIpc) is 2.34. The number of carbonyl (C=O) groups excluding carboxylic acids is 1. The van der Waals surface area contributed by atoms with E-state index in [0.29, 0.717) is 11.5 Å². The van der Waals surface area contributed by atoms with E-state index in [4.69, 9.17) is 4.74 Å². The van der Waals surface area contributed by atoms with Crippen LogP contribution in [-0.2, 0) is 10.5 Å². The zero-order chi connectivity index (χ0) is 11.5. The number of thioether (sulfide) groups is 1. The maximum atomic E-state index is 11.0. The van der Waals surface area contributed by atoms with Gasteiger partial charge in [-0.25, -0.2) is 0 Å². The Labute approximate surface area is 98.2 Å². The van der Waals surface area contributed by atoms with Crippen molar-refractivity contribution in [3.8, 4) is 5.75 Å². The molecule has 0 aliphatic carbocycles. The first-order valence-electron chi connectivity index (χ1n) is 4.94. The molecule has 1 saturated heterocycles. The van der Waals surface area contributed by atoms with E-state index in [-0.39, 0.29) is 11.3 Å². The van der Waals surface area contributed by atoms with Crippen LogP contribution in [0.25, 0.3) is 0 Å². The quantitative estimate of drug-likeness (QED) is 0.753. The van der Waals surface area contributed by atoms with Crippen LogP contribution in [0, 0.1) is 5.21 Å². The maximum Gasteiger partial charge on any atom is 0.215 e. The Hall–Kier alpha value is -1.20. The Balaban J connectivity index is 1.83. The lowest BCUT2D eigenvalue weighted by Gasteiger charge is -2.45. The summed E-state index contributed by atoms with van der Waals surface area (Å²) in [6, 6.07) is 7.69. The first-order chi connectivity index (χ1) is 7.70. The normalized spacial score (nSPS) is 19.5. The molecule has 1 amide bonds. The molecule has 1 unspecified atom stereocenters. The lowest BCUT2D eigenvalue weighted by atomic mass is 10.2. The largest absolute Gasteiger partial charge is 0.755 e. The van der Waals surface area contributed by atoms with Gasteiger partial charge in [-0.3, -0.25) is 4.79 Å². The van der Waals surface area contributed by atoms with Gasteiger partial charge in [-0.2, -0.15) is 0 Å². The van der Waals surface area contributed by atoms with Crippen molar-refractivity contribution in [1.29, 1.82) is 0 Å². The van der Waals surface area contributed by atoms with Gasteiger partial charge in [0.15, 0.2) is 0 Å². The van der Waals surface area contributed by atoms with Gasteiger partial charge >= 0.3 is 0 Å². The van der Waals surface area contributed by atoms with Crippen molar-refractivity contribution < 1.29 is 9.53 Å². The molecular formula is C11H12NO3S-. The van der Waals surface area contributed by atoms with Crippen LogP contribution in [0.2, 0.25) is 0 Å². The van der Waals surface area contributed by atoms with Gasteiger partial charge in [0.2, 0.25) is 5.91 Å². The fourth-order valence-corrected chi connectivity index (χ4v) is 2.50. The molecule has 1 aliphatic rings. The highest BCUT2D eigenvalue weighted by molar-refractivity contribution is 7.99. The third-order valence-corrected chi connectivity index (χ3v) is 3.70. The van der Waals surface area contributed by atoms with E-state index < -0.39 is 0 Å². The molecule has 0 saturated carbocycles. The van der Waals surface area contributed by atoms with Crippen LogP contribution in [-0.4, -0.2) is 23.5 Å². The van der Waals surface area contributed by atoms with E-state index >= 15 is 0 Å². The van der Waals surface area contributed by atoms with Gasteiger partial charge in [-0.05, 0) is 17.7 Å². The topological polar surface area (TPSA) is 52.6 Å². The number of hydroxylamine groups is 2. The van der Waals surface area contributed by atoms with Crippen LogP contribution in [0.3, 0.4) is 0 Å². The fraction of sp³-hybridized carbons (Fsp3) is 0.364. The lowest BCUT2D eigenvalue weighted by molar-refractivity contribution is -0.137. The van der Waals surface area contributed by atoms with Crippen molar-refractivity contribution in [3.63, 3.8) is 0 Å². The number of carbonyl (C=O) groups is 1. The van der Waals surface area contributed by atoms with Gasteiger partial charge in [0, 0.05) is 5.75 Å². The maximum absolute atomic E-state index is 11.0. The predicted molar refractivity (Wildman–Crippen MR) is 62.9 cm³/mol. The highest BCUT2D eigenvalue weighted by Crippen LogP contribution is 2.30. The molecule has 2 rings (SSSR count). The minimum absolute atomic E-state index is 0.199. The van der Waals surface area contributed by atoms with Crippen molar-refractivity contribution in [1.82, 2.24) is 5.06 Å². The van der Waals surface area contributed by atoms with Gasteiger partial charge < -0.3 is 15.0 Å². The fourth-order valence-electron chi connectivity index (χ4n) is 1.41. The van der Waals surface area contributed by atoms with Crippen molar-refractivity contribution in [2.75, 3.05) is 7.11 Å². The second kappa shape index (κ2) is 4.76. The van der Waals surface area contributed by atoms with E-state index in [1.165, 1.54) is 11.8 Å². The minimum atomic E-state index is -0.313. The van der Waals surface area contributed by atoms with E-state index in [9.17, 15) is 10.0 Å². The monoisotopic (exact) mass is 238 g/mol. The van der Waals surface area contributed by atoms with E-state index in [0.717, 1.165) is 17.1 Å². The second-order valence-electron chi connectivity index (χ2n) is 3.54. The van der Waals surface area contributed by atoms with E-state index in [2.05, 4.69) is 0 Å². The SMILES string of the molecule is COc1ccc(CSC2CC(=O)N2[O-])cc1. The number of hydrogen-bond acceptors (Lipinski definition) is 4. The number of β-lactam (4-membered cyclic amide) rings is 1. The standard InChI is InChI=1S/C11H12NO3S/c1-15-9-4-2-8(3-5-9)7-16-11-6-10(13)12(11)14/h2-5,11H,6-7H2,1H3/q-1. The molecule has 0 bridgehead atoms. The molecule has 86 valence electrons. The Morgan fingerprint density at radius 2 is 2.19 bits per heavy atom. The number of hydrogen-bond donors (Lipinski definition) is 0. The lowest BCUT2D eigenvalue weighted by Crippen LogP contribution is -2.46. The molecule has 1 atom stereocenters. The molecule has 5 heteroatoms. The third-order valence-electron chi connectivity index (χ3n) is 2.46. The van der Waals surface area contributed by atoms with Crippen molar-refractivity contribution in [2.45, 2.75) is 17.5 Å². The van der Waals surface area contributed by atoms with Gasteiger partial charge in [0.1, 0.15) is 5.75 Å². The molecule has 16 heavy (non-hydrogen) atoms. The summed E-state index contributed by atoms with van der Waals surface area (Å²) in [7, 11) is 1.62. The van der Waals surface area contributed by atoms with Gasteiger partial charge in [0.25, 0.3) is 0 Å². The van der Waals surface area contributed by atoms with Gasteiger partial charge in [-0.15, -0.1) is 11.8 Å². The molecule has 0 N–H and O–H groups in total. The number of ether oxygens (including phenoxy) is 1. The van der Waals surface area contributed by atoms with E-state index in [1.54, 1.807) is 7.11 Å². The minimum Gasteiger partial charge on any atom is -0.755 e. The molecule has 1 heterocycles. The zero-order valence-corrected chi connectivity index (χ0v) is 9.70. The third kappa shape index (κ3) is 2.31. The smallest absolute Gasteiger partial charge is 0.215 e. The molecular weight excluding hydrogens is 226 g/mol. The molecule has 0 radical (unpaired) electrons. The zero-order valence-electron chi connectivity index (χ0n) is 8.88. The first-order valence-corrected chi connectivity index (χ1v) is 5.99. The Bertz CT molecular complexity index is 379. The summed E-state index contributed by atoms with van der Waals surface area (Å²) in [6.45, 7) is 0. The molecule has 0 aromatic heterocycles. The molecule has 1 aromatic carbocycles. The van der Waals surface area contributed by atoms with Gasteiger partial charge in [-0.1, -0.05) is 12.1 Å². The summed E-state index contributed by atoms with van der Waals surface area (Å²) in [5.74, 6) is 1.24. The average molecular weight is 238 g/mol. The van der Waals surface area contributed by atoms with Crippen molar-refractivity contribution in [3.05, 3.63) is 35.0 Å². The number of benzene rings is 1. The Morgan fingerprint density at radius 1 is 1.50 bits per heavy atom. The number of methoxy groups -OCH3 is 1. The number of nitrogens with zero attached hydrogens (tertiary/aromatic N) is 1.